The Morgan fingerprint density at radius 3 is 2.06 bits per heavy atom. The summed E-state index contributed by atoms with van der Waals surface area (Å²) in [6.45, 7) is 0.571. The van der Waals surface area contributed by atoms with Crippen LogP contribution in [0.3, 0.4) is 0 Å². The minimum Gasteiger partial charge on any atom is -0.207 e. The predicted molar refractivity (Wildman–Crippen MR) is 69.5 cm³/mol. The first-order valence-electron chi connectivity index (χ1n) is 5.81. The average Bonchev–Trinajstić information content (AvgIpc) is 3.22. The minimum atomic E-state index is -3.33. The van der Waals surface area contributed by atoms with Crippen LogP contribution in [0.2, 0.25) is 0 Å². The zero-order valence-corrected chi connectivity index (χ0v) is 10.5. The van der Waals surface area contributed by atoms with E-state index in [2.05, 4.69) is 0 Å². The monoisotopic (exact) mass is 259 g/mol. The van der Waals surface area contributed by atoms with E-state index in [1.807, 2.05) is 36.4 Å². The quantitative estimate of drug-likeness (QED) is 0.794. The van der Waals surface area contributed by atoms with Crippen molar-refractivity contribution in [3.8, 4) is 0 Å². The van der Waals surface area contributed by atoms with Crippen LogP contribution in [-0.4, -0.2) is 19.3 Å². The fourth-order valence-electron chi connectivity index (χ4n) is 2.06. The molecule has 1 unspecified atom stereocenters. The van der Waals surface area contributed by atoms with Crippen molar-refractivity contribution in [1.29, 1.82) is 0 Å². The van der Waals surface area contributed by atoms with Crippen LogP contribution in [0.4, 0.5) is 0 Å². The van der Waals surface area contributed by atoms with Crippen molar-refractivity contribution in [2.45, 2.75) is 10.9 Å². The van der Waals surface area contributed by atoms with Crippen LogP contribution in [0.5, 0.6) is 0 Å². The first kappa shape index (κ1) is 11.4. The third-order valence-electron chi connectivity index (χ3n) is 3.10. The van der Waals surface area contributed by atoms with Gasteiger partial charge in [0.25, 0.3) is 0 Å². The molecule has 1 saturated heterocycles. The molecule has 0 saturated carbocycles. The van der Waals surface area contributed by atoms with Gasteiger partial charge in [-0.15, -0.1) is 0 Å². The summed E-state index contributed by atoms with van der Waals surface area (Å²) in [5, 5.41) is 0. The Balaban J connectivity index is 1.87. The highest BCUT2D eigenvalue weighted by Gasteiger charge is 2.45. The zero-order valence-electron chi connectivity index (χ0n) is 9.73. The lowest BCUT2D eigenvalue weighted by molar-refractivity contribution is 0.554. The summed E-state index contributed by atoms with van der Waals surface area (Å²) in [7, 11) is -3.33. The van der Waals surface area contributed by atoms with E-state index in [9.17, 15) is 8.42 Å². The van der Waals surface area contributed by atoms with Crippen molar-refractivity contribution in [3.63, 3.8) is 0 Å². The lowest BCUT2D eigenvalue weighted by atomic mass is 10.2. The average molecular weight is 259 g/mol. The second-order valence-electron chi connectivity index (χ2n) is 4.31. The van der Waals surface area contributed by atoms with Gasteiger partial charge in [-0.05, 0) is 17.7 Å². The van der Waals surface area contributed by atoms with Crippen LogP contribution >= 0.6 is 0 Å². The van der Waals surface area contributed by atoms with Gasteiger partial charge < -0.3 is 0 Å². The van der Waals surface area contributed by atoms with Gasteiger partial charge in [-0.3, -0.25) is 0 Å². The van der Waals surface area contributed by atoms with Crippen LogP contribution < -0.4 is 0 Å². The minimum absolute atomic E-state index is 0.00333. The summed E-state index contributed by atoms with van der Waals surface area (Å²) in [5.41, 5.74) is 1.05. The van der Waals surface area contributed by atoms with E-state index >= 15 is 0 Å². The first-order chi connectivity index (χ1) is 8.69. The molecule has 18 heavy (non-hydrogen) atoms. The van der Waals surface area contributed by atoms with Gasteiger partial charge in [0.15, 0.2) is 0 Å². The van der Waals surface area contributed by atoms with Crippen molar-refractivity contribution >= 4 is 10.0 Å². The van der Waals surface area contributed by atoms with Gasteiger partial charge in [0, 0.05) is 6.54 Å². The first-order valence-corrected chi connectivity index (χ1v) is 7.25. The maximum absolute atomic E-state index is 12.3. The summed E-state index contributed by atoms with van der Waals surface area (Å²) in [4.78, 5) is 0.364. The molecule has 2 aromatic carbocycles. The molecule has 3 rings (SSSR count). The molecule has 1 aliphatic heterocycles. The van der Waals surface area contributed by atoms with Gasteiger partial charge in [-0.25, -0.2) is 8.42 Å². The Hall–Kier alpha value is -1.65. The van der Waals surface area contributed by atoms with Crippen molar-refractivity contribution in [2.24, 2.45) is 0 Å². The van der Waals surface area contributed by atoms with E-state index in [4.69, 9.17) is 0 Å². The maximum Gasteiger partial charge on any atom is 0.243 e. The molecule has 2 atom stereocenters. The van der Waals surface area contributed by atoms with Gasteiger partial charge in [-0.2, -0.15) is 4.31 Å². The summed E-state index contributed by atoms with van der Waals surface area (Å²) in [5.74, 6) is 0. The SMILES string of the molecule is O=S(=O)(c1ccccc1)N1C[C@@H]1c1ccccc1. The van der Waals surface area contributed by atoms with E-state index in [0.717, 1.165) is 5.56 Å². The van der Waals surface area contributed by atoms with E-state index in [1.54, 1.807) is 24.3 Å². The number of nitrogens with zero attached hydrogens (tertiary/aromatic N) is 1. The Bertz CT molecular complexity index is 638. The lowest BCUT2D eigenvalue weighted by Gasteiger charge is -2.06. The summed E-state index contributed by atoms with van der Waals surface area (Å²) in [6.07, 6.45) is 0. The second-order valence-corrected chi connectivity index (χ2v) is 6.20. The van der Waals surface area contributed by atoms with Crippen molar-refractivity contribution in [3.05, 3.63) is 66.2 Å². The van der Waals surface area contributed by atoms with E-state index in [-0.39, 0.29) is 6.04 Å². The molecule has 0 bridgehead atoms. The molecule has 92 valence electrons. The molecule has 2 aromatic rings. The molecule has 3 nitrogen and oxygen atoms in total. The molecule has 1 heterocycles. The Morgan fingerprint density at radius 2 is 1.44 bits per heavy atom. The highest BCUT2D eigenvalue weighted by Crippen LogP contribution is 2.39. The van der Waals surface area contributed by atoms with Gasteiger partial charge >= 0.3 is 0 Å². The molecule has 0 amide bonds. The normalized spacial score (nSPS) is 22.7. The number of rotatable bonds is 3. The van der Waals surface area contributed by atoms with E-state index < -0.39 is 10.0 Å². The zero-order chi connectivity index (χ0) is 12.6. The van der Waals surface area contributed by atoms with E-state index in [1.165, 1.54) is 4.31 Å². The standard InChI is InChI=1S/C14H13NO2S/c16-18(17,13-9-5-2-6-10-13)15-11-14(15)12-7-3-1-4-8-12/h1-10,14H,11H2/t14-,15?/m1/s1. The van der Waals surface area contributed by atoms with Crippen LogP contribution in [0.25, 0.3) is 0 Å². The van der Waals surface area contributed by atoms with Gasteiger partial charge in [0.05, 0.1) is 10.9 Å². The number of benzene rings is 2. The third kappa shape index (κ3) is 1.94. The predicted octanol–water partition coefficient (Wildman–Crippen LogP) is 2.43. The molecule has 0 spiro atoms. The largest absolute Gasteiger partial charge is 0.243 e. The molecular weight excluding hydrogens is 246 g/mol. The van der Waals surface area contributed by atoms with Crippen LogP contribution in [-0.2, 0) is 10.0 Å². The van der Waals surface area contributed by atoms with Crippen LogP contribution in [0.1, 0.15) is 11.6 Å². The number of hydrogen-bond acceptors (Lipinski definition) is 2. The fourth-order valence-corrected chi connectivity index (χ4v) is 3.63. The molecule has 1 aliphatic rings. The smallest absolute Gasteiger partial charge is 0.207 e. The number of sulfonamides is 1. The molecule has 0 N–H and O–H groups in total. The molecule has 4 heteroatoms. The summed E-state index contributed by atoms with van der Waals surface area (Å²) in [6, 6.07) is 18.3. The van der Waals surface area contributed by atoms with Crippen LogP contribution in [0.15, 0.2) is 65.6 Å². The molecule has 1 fully saturated rings. The molecule has 0 aliphatic carbocycles. The third-order valence-corrected chi connectivity index (χ3v) is 4.99. The Kier molecular flexibility index (Phi) is 2.69. The molecular formula is C14H13NO2S. The van der Waals surface area contributed by atoms with Gasteiger partial charge in [0.2, 0.25) is 10.0 Å². The fraction of sp³-hybridized carbons (Fsp3) is 0.143. The molecule has 0 radical (unpaired) electrons. The highest BCUT2D eigenvalue weighted by molar-refractivity contribution is 7.89. The summed E-state index contributed by atoms with van der Waals surface area (Å²) >= 11 is 0. The van der Waals surface area contributed by atoms with Gasteiger partial charge in [0.1, 0.15) is 0 Å². The molecule has 0 aromatic heterocycles. The summed E-state index contributed by atoms with van der Waals surface area (Å²) < 4.78 is 26.1. The topological polar surface area (TPSA) is 37.1 Å². The van der Waals surface area contributed by atoms with Crippen molar-refractivity contribution in [2.75, 3.05) is 6.54 Å². The van der Waals surface area contributed by atoms with Crippen molar-refractivity contribution in [1.82, 2.24) is 4.31 Å². The van der Waals surface area contributed by atoms with E-state index in [0.29, 0.717) is 11.4 Å². The Labute approximate surface area is 107 Å². The highest BCUT2D eigenvalue weighted by atomic mass is 32.2. The Morgan fingerprint density at radius 1 is 0.889 bits per heavy atom. The van der Waals surface area contributed by atoms with Crippen molar-refractivity contribution < 1.29 is 8.42 Å². The van der Waals surface area contributed by atoms with Gasteiger partial charge in [-0.1, -0.05) is 48.5 Å². The number of hydrogen-bond donors (Lipinski definition) is 0. The maximum atomic E-state index is 12.3. The second kappa shape index (κ2) is 4.23. The lowest BCUT2D eigenvalue weighted by Crippen LogP contribution is -2.12. The van der Waals surface area contributed by atoms with Crippen LogP contribution in [0, 0.1) is 0 Å².